The Hall–Kier alpha value is -1.23. The van der Waals surface area contributed by atoms with Crippen LogP contribution in [0.15, 0.2) is 12.1 Å². The van der Waals surface area contributed by atoms with Gasteiger partial charge in [-0.2, -0.15) is 0 Å². The summed E-state index contributed by atoms with van der Waals surface area (Å²) in [6.45, 7) is 4.29. The molecule has 0 bridgehead atoms. The minimum absolute atomic E-state index is 0.303. The van der Waals surface area contributed by atoms with Gasteiger partial charge in [-0.25, -0.2) is 4.79 Å². The van der Waals surface area contributed by atoms with Crippen LogP contribution in [0.2, 0.25) is 10.0 Å². The maximum atomic E-state index is 11.9. The van der Waals surface area contributed by atoms with Gasteiger partial charge in [-0.1, -0.05) is 23.2 Å². The molecule has 0 saturated carbocycles. The highest BCUT2D eigenvalue weighted by Crippen LogP contribution is 2.35. The van der Waals surface area contributed by atoms with Crippen molar-refractivity contribution in [3.8, 4) is 0 Å². The van der Waals surface area contributed by atoms with E-state index < -0.39 is 5.97 Å². The van der Waals surface area contributed by atoms with Crippen LogP contribution < -0.4 is 5.48 Å². The molecule has 1 aromatic carbocycles. The van der Waals surface area contributed by atoms with E-state index in [4.69, 9.17) is 32.8 Å². The van der Waals surface area contributed by atoms with Gasteiger partial charge >= 0.3 is 5.97 Å². The maximum Gasteiger partial charge on any atom is 0.338 e. The van der Waals surface area contributed by atoms with Crippen molar-refractivity contribution in [1.29, 1.82) is 0 Å². The summed E-state index contributed by atoms with van der Waals surface area (Å²) in [5.41, 5.74) is 5.22. The standard InChI is InChI=1S/C13H13Cl2NO3/c1-3-18-13(17)8-6-9(14)12(15)11(7(8)2)10-4-5-19-16-10/h4,6,16H,3,5H2,1-2H3. The van der Waals surface area contributed by atoms with Crippen LogP contribution in [0, 0.1) is 6.92 Å². The zero-order valence-electron chi connectivity index (χ0n) is 10.5. The molecule has 0 atom stereocenters. The summed E-state index contributed by atoms with van der Waals surface area (Å²) in [4.78, 5) is 16.9. The molecule has 1 aliphatic rings. The lowest BCUT2D eigenvalue weighted by Crippen LogP contribution is -2.12. The van der Waals surface area contributed by atoms with Gasteiger partial charge in [-0.05, 0) is 31.6 Å². The van der Waals surface area contributed by atoms with E-state index in [1.54, 1.807) is 13.8 Å². The summed E-state index contributed by atoms with van der Waals surface area (Å²) in [5, 5.41) is 0.691. The van der Waals surface area contributed by atoms with Crippen molar-refractivity contribution in [1.82, 2.24) is 5.48 Å². The number of hydrogen-bond acceptors (Lipinski definition) is 4. The number of hydrogen-bond donors (Lipinski definition) is 1. The molecule has 1 aromatic rings. The van der Waals surface area contributed by atoms with Gasteiger partial charge in [0.1, 0.15) is 0 Å². The lowest BCUT2D eigenvalue weighted by Gasteiger charge is -2.15. The van der Waals surface area contributed by atoms with E-state index >= 15 is 0 Å². The number of halogens is 2. The van der Waals surface area contributed by atoms with Crippen LogP contribution in [-0.2, 0) is 9.57 Å². The first kappa shape index (κ1) is 14.2. The molecular formula is C13H13Cl2NO3. The Kier molecular flexibility index (Phi) is 4.34. The predicted molar refractivity (Wildman–Crippen MR) is 74.2 cm³/mol. The Labute approximate surface area is 121 Å². The number of carbonyl (C=O) groups is 1. The van der Waals surface area contributed by atoms with Gasteiger partial charge in [0.15, 0.2) is 0 Å². The summed E-state index contributed by atoms with van der Waals surface area (Å²) in [6, 6.07) is 1.52. The summed E-state index contributed by atoms with van der Waals surface area (Å²) in [5.74, 6) is -0.417. The first-order valence-corrected chi connectivity index (χ1v) is 6.55. The van der Waals surface area contributed by atoms with Gasteiger partial charge in [0.05, 0.1) is 34.5 Å². The van der Waals surface area contributed by atoms with Crippen molar-refractivity contribution >= 4 is 34.9 Å². The first-order valence-electron chi connectivity index (χ1n) is 5.80. The normalized spacial score (nSPS) is 14.0. The third-order valence-electron chi connectivity index (χ3n) is 2.80. The molecule has 0 amide bonds. The van der Waals surface area contributed by atoms with Crippen LogP contribution in [-0.4, -0.2) is 19.2 Å². The minimum Gasteiger partial charge on any atom is -0.462 e. The fourth-order valence-corrected chi connectivity index (χ4v) is 2.40. The molecule has 0 radical (unpaired) electrons. The monoisotopic (exact) mass is 301 g/mol. The number of nitrogens with one attached hydrogen (secondary N) is 1. The average molecular weight is 302 g/mol. The Bertz CT molecular complexity index is 555. The summed E-state index contributed by atoms with van der Waals surface area (Å²) in [7, 11) is 0. The Morgan fingerprint density at radius 2 is 2.26 bits per heavy atom. The second-order valence-corrected chi connectivity index (χ2v) is 4.76. The quantitative estimate of drug-likeness (QED) is 0.870. The Morgan fingerprint density at radius 3 is 2.84 bits per heavy atom. The summed E-state index contributed by atoms with van der Waals surface area (Å²) < 4.78 is 5.01. The fourth-order valence-electron chi connectivity index (χ4n) is 1.90. The molecule has 6 heteroatoms. The van der Waals surface area contributed by atoms with Crippen LogP contribution in [0.1, 0.15) is 28.4 Å². The Morgan fingerprint density at radius 1 is 1.53 bits per heavy atom. The van der Waals surface area contributed by atoms with E-state index in [1.165, 1.54) is 6.07 Å². The molecule has 0 aliphatic carbocycles. The third-order valence-corrected chi connectivity index (χ3v) is 3.58. The molecule has 1 aliphatic heterocycles. The van der Waals surface area contributed by atoms with Gasteiger partial charge in [0, 0.05) is 5.56 Å². The second kappa shape index (κ2) is 5.82. The molecule has 19 heavy (non-hydrogen) atoms. The van der Waals surface area contributed by atoms with E-state index in [0.717, 1.165) is 0 Å². The number of carbonyl (C=O) groups excluding carboxylic acids is 1. The second-order valence-electron chi connectivity index (χ2n) is 3.97. The molecule has 0 fully saturated rings. The molecule has 1 N–H and O–H groups in total. The van der Waals surface area contributed by atoms with Crippen LogP contribution in [0.5, 0.6) is 0 Å². The summed E-state index contributed by atoms with van der Waals surface area (Å²) in [6.07, 6.45) is 1.83. The zero-order chi connectivity index (χ0) is 14.0. The minimum atomic E-state index is -0.417. The lowest BCUT2D eigenvalue weighted by atomic mass is 9.99. The van der Waals surface area contributed by atoms with Gasteiger partial charge in [-0.15, -0.1) is 0 Å². The zero-order valence-corrected chi connectivity index (χ0v) is 12.1. The average Bonchev–Trinajstić information content (AvgIpc) is 2.88. The number of esters is 1. The van der Waals surface area contributed by atoms with Crippen molar-refractivity contribution < 1.29 is 14.4 Å². The van der Waals surface area contributed by atoms with E-state index in [0.29, 0.717) is 45.6 Å². The SMILES string of the molecule is CCOC(=O)c1cc(Cl)c(Cl)c(C2=CCON2)c1C. The first-order chi connectivity index (χ1) is 9.06. The van der Waals surface area contributed by atoms with E-state index in [2.05, 4.69) is 5.48 Å². The van der Waals surface area contributed by atoms with Gasteiger partial charge in [0.2, 0.25) is 0 Å². The highest BCUT2D eigenvalue weighted by molar-refractivity contribution is 6.43. The van der Waals surface area contributed by atoms with Gasteiger partial charge in [0.25, 0.3) is 0 Å². The number of rotatable bonds is 3. The van der Waals surface area contributed by atoms with Crippen molar-refractivity contribution in [2.45, 2.75) is 13.8 Å². The number of ether oxygens (including phenoxy) is 1. The fraction of sp³-hybridized carbons (Fsp3) is 0.308. The molecule has 2 rings (SSSR count). The number of hydroxylamine groups is 1. The van der Waals surface area contributed by atoms with Crippen molar-refractivity contribution in [2.75, 3.05) is 13.2 Å². The molecule has 0 spiro atoms. The molecule has 1 heterocycles. The van der Waals surface area contributed by atoms with Crippen LogP contribution in [0.3, 0.4) is 0 Å². The molecule has 102 valence electrons. The van der Waals surface area contributed by atoms with E-state index in [-0.39, 0.29) is 0 Å². The smallest absolute Gasteiger partial charge is 0.338 e. The molecule has 0 saturated heterocycles. The Balaban J connectivity index is 2.56. The lowest BCUT2D eigenvalue weighted by molar-refractivity contribution is 0.0525. The summed E-state index contributed by atoms with van der Waals surface area (Å²) >= 11 is 12.3. The van der Waals surface area contributed by atoms with Gasteiger partial charge in [-0.3, -0.25) is 10.3 Å². The molecule has 0 unspecified atom stereocenters. The van der Waals surface area contributed by atoms with Crippen LogP contribution in [0.4, 0.5) is 0 Å². The highest BCUT2D eigenvalue weighted by atomic mass is 35.5. The van der Waals surface area contributed by atoms with Crippen molar-refractivity contribution in [2.24, 2.45) is 0 Å². The highest BCUT2D eigenvalue weighted by Gasteiger charge is 2.22. The van der Waals surface area contributed by atoms with Crippen molar-refractivity contribution in [3.63, 3.8) is 0 Å². The molecule has 4 nitrogen and oxygen atoms in total. The largest absolute Gasteiger partial charge is 0.462 e. The van der Waals surface area contributed by atoms with E-state index in [1.807, 2.05) is 6.08 Å². The van der Waals surface area contributed by atoms with Crippen LogP contribution >= 0.6 is 23.2 Å². The third kappa shape index (κ3) is 2.71. The predicted octanol–water partition coefficient (Wildman–Crippen LogP) is 3.35. The molecule has 0 aromatic heterocycles. The topological polar surface area (TPSA) is 47.6 Å². The maximum absolute atomic E-state index is 11.9. The van der Waals surface area contributed by atoms with E-state index in [9.17, 15) is 4.79 Å². The van der Waals surface area contributed by atoms with Crippen LogP contribution in [0.25, 0.3) is 5.70 Å². The van der Waals surface area contributed by atoms with Crippen molar-refractivity contribution in [3.05, 3.63) is 38.9 Å². The van der Waals surface area contributed by atoms with Gasteiger partial charge < -0.3 is 4.74 Å². The molecular weight excluding hydrogens is 289 g/mol. The number of benzene rings is 1.